The smallest absolute Gasteiger partial charge is 0.138 e. The van der Waals surface area contributed by atoms with E-state index in [1.165, 1.54) is 32.1 Å². The van der Waals surface area contributed by atoms with E-state index in [0.29, 0.717) is 12.6 Å². The minimum Gasteiger partial charge on any atom is -0.486 e. The van der Waals surface area contributed by atoms with Gasteiger partial charge in [0, 0.05) is 12.4 Å². The maximum atomic E-state index is 5.65. The Kier molecular flexibility index (Phi) is 3.77. The van der Waals surface area contributed by atoms with Crippen molar-refractivity contribution in [2.75, 3.05) is 0 Å². The van der Waals surface area contributed by atoms with Crippen LogP contribution in [0, 0.1) is 0 Å². The monoisotopic (exact) mass is 257 g/mol. The van der Waals surface area contributed by atoms with Crippen molar-refractivity contribution in [1.29, 1.82) is 0 Å². The van der Waals surface area contributed by atoms with Gasteiger partial charge in [-0.05, 0) is 31.0 Å². The third-order valence-electron chi connectivity index (χ3n) is 3.63. The van der Waals surface area contributed by atoms with Gasteiger partial charge in [0.25, 0.3) is 0 Å². The normalized spacial score (nSPS) is 16.4. The molecule has 1 aliphatic rings. The highest BCUT2D eigenvalue weighted by Crippen LogP contribution is 2.27. The van der Waals surface area contributed by atoms with E-state index in [2.05, 4.69) is 21.0 Å². The molecule has 0 radical (unpaired) electrons. The van der Waals surface area contributed by atoms with Crippen LogP contribution in [0.15, 0.2) is 36.8 Å². The molecule has 2 heterocycles. The van der Waals surface area contributed by atoms with Crippen LogP contribution in [0.5, 0.6) is 5.75 Å². The summed E-state index contributed by atoms with van der Waals surface area (Å²) in [6, 6.07) is 6.41. The lowest BCUT2D eigenvalue weighted by atomic mass is 9.96. The largest absolute Gasteiger partial charge is 0.486 e. The Morgan fingerprint density at radius 1 is 1.21 bits per heavy atom. The summed E-state index contributed by atoms with van der Waals surface area (Å²) in [4.78, 5) is 4.02. The quantitative estimate of drug-likeness (QED) is 0.843. The van der Waals surface area contributed by atoms with Gasteiger partial charge >= 0.3 is 0 Å². The summed E-state index contributed by atoms with van der Waals surface area (Å²) in [5, 5.41) is 4.62. The van der Waals surface area contributed by atoms with Gasteiger partial charge in [-0.3, -0.25) is 9.67 Å². The summed E-state index contributed by atoms with van der Waals surface area (Å²) in [7, 11) is 0. The number of hydrogen-bond acceptors (Lipinski definition) is 3. The van der Waals surface area contributed by atoms with Gasteiger partial charge in [0.05, 0.1) is 17.9 Å². The summed E-state index contributed by atoms with van der Waals surface area (Å²) >= 11 is 0. The molecule has 0 N–H and O–H groups in total. The molecule has 4 nitrogen and oxygen atoms in total. The zero-order chi connectivity index (χ0) is 12.9. The van der Waals surface area contributed by atoms with Crippen molar-refractivity contribution < 1.29 is 4.74 Å². The highest BCUT2D eigenvalue weighted by atomic mass is 16.5. The van der Waals surface area contributed by atoms with E-state index >= 15 is 0 Å². The Balaban J connectivity index is 1.58. The molecule has 0 amide bonds. The molecule has 2 aromatic rings. The van der Waals surface area contributed by atoms with E-state index in [1.807, 2.05) is 18.2 Å². The number of rotatable bonds is 4. The molecule has 3 rings (SSSR count). The molecule has 0 bridgehead atoms. The summed E-state index contributed by atoms with van der Waals surface area (Å²) < 4.78 is 7.77. The summed E-state index contributed by atoms with van der Waals surface area (Å²) in [5.41, 5.74) is 0.981. The van der Waals surface area contributed by atoms with Crippen LogP contribution in [0.2, 0.25) is 0 Å². The SMILES string of the molecule is c1cncc(OCc2ccn(C3CCCCC3)n2)c1. The first kappa shape index (κ1) is 12.2. The predicted octanol–water partition coefficient (Wildman–Crippen LogP) is 3.36. The molecule has 0 saturated heterocycles. The maximum absolute atomic E-state index is 5.65. The van der Waals surface area contributed by atoms with Gasteiger partial charge < -0.3 is 4.74 Å². The topological polar surface area (TPSA) is 39.9 Å². The third-order valence-corrected chi connectivity index (χ3v) is 3.63. The zero-order valence-electron chi connectivity index (χ0n) is 11.0. The number of nitrogens with zero attached hydrogens (tertiary/aromatic N) is 3. The fraction of sp³-hybridized carbons (Fsp3) is 0.467. The standard InChI is InChI=1S/C15H19N3O/c1-2-5-14(6-3-1)18-10-8-13(17-18)12-19-15-7-4-9-16-11-15/h4,7-11,14H,1-3,5-6,12H2. The zero-order valence-corrected chi connectivity index (χ0v) is 11.0. The van der Waals surface area contributed by atoms with Crippen molar-refractivity contribution in [3.63, 3.8) is 0 Å². The Hall–Kier alpha value is -1.84. The van der Waals surface area contributed by atoms with Gasteiger partial charge in [0.1, 0.15) is 12.4 Å². The highest BCUT2D eigenvalue weighted by molar-refractivity contribution is 5.16. The van der Waals surface area contributed by atoms with Crippen molar-refractivity contribution in [3.8, 4) is 5.75 Å². The fourth-order valence-electron chi connectivity index (χ4n) is 2.59. The lowest BCUT2D eigenvalue weighted by Gasteiger charge is -2.21. The molecule has 0 spiro atoms. The first-order valence-electron chi connectivity index (χ1n) is 6.99. The minimum absolute atomic E-state index is 0.505. The molecule has 0 aromatic carbocycles. The van der Waals surface area contributed by atoms with Crippen LogP contribution in [-0.4, -0.2) is 14.8 Å². The Labute approximate surface area is 113 Å². The first-order chi connectivity index (χ1) is 9.42. The summed E-state index contributed by atoms with van der Waals surface area (Å²) in [6.07, 6.45) is 12.1. The van der Waals surface area contributed by atoms with Crippen LogP contribution < -0.4 is 4.74 Å². The van der Waals surface area contributed by atoms with Gasteiger partial charge in [-0.25, -0.2) is 0 Å². The highest BCUT2D eigenvalue weighted by Gasteiger charge is 2.15. The second kappa shape index (κ2) is 5.87. The van der Waals surface area contributed by atoms with E-state index in [9.17, 15) is 0 Å². The second-order valence-corrected chi connectivity index (χ2v) is 5.06. The van der Waals surface area contributed by atoms with Crippen LogP contribution in [0.1, 0.15) is 43.8 Å². The Morgan fingerprint density at radius 2 is 2.11 bits per heavy atom. The average Bonchev–Trinajstić information content (AvgIpc) is 2.96. The average molecular weight is 257 g/mol. The van der Waals surface area contributed by atoms with Gasteiger partial charge in [-0.2, -0.15) is 5.10 Å². The van der Waals surface area contributed by atoms with E-state index < -0.39 is 0 Å². The van der Waals surface area contributed by atoms with Gasteiger partial charge in [-0.1, -0.05) is 19.3 Å². The van der Waals surface area contributed by atoms with E-state index in [1.54, 1.807) is 12.4 Å². The fourth-order valence-corrected chi connectivity index (χ4v) is 2.59. The van der Waals surface area contributed by atoms with E-state index in [-0.39, 0.29) is 0 Å². The maximum Gasteiger partial charge on any atom is 0.138 e. The van der Waals surface area contributed by atoms with Crippen LogP contribution in [0.4, 0.5) is 0 Å². The molecule has 0 atom stereocenters. The number of aromatic nitrogens is 3. The van der Waals surface area contributed by atoms with Gasteiger partial charge in [0.15, 0.2) is 0 Å². The van der Waals surface area contributed by atoms with Crippen molar-refractivity contribution in [2.45, 2.75) is 44.8 Å². The molecule has 1 saturated carbocycles. The van der Waals surface area contributed by atoms with Crippen LogP contribution in [0.25, 0.3) is 0 Å². The van der Waals surface area contributed by atoms with E-state index in [0.717, 1.165) is 11.4 Å². The predicted molar refractivity (Wildman–Crippen MR) is 72.9 cm³/mol. The van der Waals surface area contributed by atoms with Gasteiger partial charge in [0.2, 0.25) is 0 Å². The van der Waals surface area contributed by atoms with Gasteiger partial charge in [-0.15, -0.1) is 0 Å². The minimum atomic E-state index is 0.505. The number of pyridine rings is 1. The van der Waals surface area contributed by atoms with E-state index in [4.69, 9.17) is 4.74 Å². The lowest BCUT2D eigenvalue weighted by molar-refractivity contribution is 0.290. The summed E-state index contributed by atoms with van der Waals surface area (Å²) in [6.45, 7) is 0.505. The van der Waals surface area contributed by atoms with Crippen LogP contribution in [0.3, 0.4) is 0 Å². The van der Waals surface area contributed by atoms with Crippen molar-refractivity contribution in [2.24, 2.45) is 0 Å². The van der Waals surface area contributed by atoms with Crippen molar-refractivity contribution in [1.82, 2.24) is 14.8 Å². The summed E-state index contributed by atoms with van der Waals surface area (Å²) in [5.74, 6) is 0.787. The molecule has 100 valence electrons. The molecule has 0 aliphatic heterocycles. The molecular weight excluding hydrogens is 238 g/mol. The number of hydrogen-bond donors (Lipinski definition) is 0. The van der Waals surface area contributed by atoms with Crippen LogP contribution >= 0.6 is 0 Å². The first-order valence-corrected chi connectivity index (χ1v) is 6.99. The third kappa shape index (κ3) is 3.13. The molecule has 19 heavy (non-hydrogen) atoms. The Morgan fingerprint density at radius 3 is 2.89 bits per heavy atom. The number of ether oxygens (including phenoxy) is 1. The van der Waals surface area contributed by atoms with Crippen molar-refractivity contribution >= 4 is 0 Å². The molecular formula is C15H19N3O. The molecule has 4 heteroatoms. The molecule has 1 fully saturated rings. The van der Waals surface area contributed by atoms with Crippen molar-refractivity contribution in [3.05, 3.63) is 42.5 Å². The second-order valence-electron chi connectivity index (χ2n) is 5.06. The Bertz CT molecular complexity index is 503. The molecule has 0 unspecified atom stereocenters. The molecule has 2 aromatic heterocycles. The molecule has 1 aliphatic carbocycles. The lowest BCUT2D eigenvalue weighted by Crippen LogP contribution is -2.13. The van der Waals surface area contributed by atoms with Crippen LogP contribution in [-0.2, 0) is 6.61 Å².